The van der Waals surface area contributed by atoms with Crippen molar-refractivity contribution in [2.75, 3.05) is 19.6 Å². The first-order valence-electron chi connectivity index (χ1n) is 15.7. The zero-order chi connectivity index (χ0) is 34.4. The molecule has 4 N–H and O–H groups in total. The van der Waals surface area contributed by atoms with Gasteiger partial charge in [-0.25, -0.2) is 9.97 Å². The Bertz CT molecular complexity index is 1800. The van der Waals surface area contributed by atoms with Crippen LogP contribution in [0.5, 0.6) is 0 Å². The number of aryl methyl sites for hydroxylation is 1. The number of aromatic amines is 1. The number of ketones is 1. The summed E-state index contributed by atoms with van der Waals surface area (Å²) in [4.78, 5) is 75.6. The van der Waals surface area contributed by atoms with Gasteiger partial charge in [0.1, 0.15) is 33.9 Å². The molecule has 0 aliphatic carbocycles. The topological polar surface area (TPSA) is 192 Å². The molecule has 1 aliphatic rings. The number of benzene rings is 1. The van der Waals surface area contributed by atoms with E-state index in [9.17, 15) is 24.0 Å². The summed E-state index contributed by atoms with van der Waals surface area (Å²) in [6, 6.07) is 9.74. The molecular formula is C33H38N8O6S. The van der Waals surface area contributed by atoms with Crippen molar-refractivity contribution >= 4 is 40.7 Å². The van der Waals surface area contributed by atoms with Crippen LogP contribution in [0.1, 0.15) is 110 Å². The van der Waals surface area contributed by atoms with E-state index in [2.05, 4.69) is 36.1 Å². The van der Waals surface area contributed by atoms with E-state index in [1.165, 1.54) is 29.2 Å². The minimum atomic E-state index is -0.670. The van der Waals surface area contributed by atoms with Crippen LogP contribution in [0.15, 0.2) is 46.2 Å². The molecule has 0 saturated carbocycles. The van der Waals surface area contributed by atoms with Gasteiger partial charge in [-0.2, -0.15) is 5.10 Å². The standard InChI is InChI=1S/C33H38N8O6S/c1-18(2)27-32-36-25(17-48-32)29(44)34-12-14-41(33(46)24-16-22(19(3)42)39-40-24)13-8-11-26(43)35-23(15-21-9-6-5-7-10-21)31-38-28(20(4)47-31)30(45)37-27/h5-7,9-10,16-18,23,27H,8,11-15H2,1-4H3,(H,34,44)(H,35,43)(H,37,45)(H,39,40)/t23-,27-/m0/s1. The quantitative estimate of drug-likeness (QED) is 0.229. The number of fused-ring (bicyclic) bond motifs is 4. The molecule has 14 nitrogen and oxygen atoms in total. The van der Waals surface area contributed by atoms with Gasteiger partial charge in [0.15, 0.2) is 11.5 Å². The van der Waals surface area contributed by atoms with Crippen LogP contribution < -0.4 is 16.0 Å². The summed E-state index contributed by atoms with van der Waals surface area (Å²) in [5.41, 5.74) is 1.45. The molecular weight excluding hydrogens is 636 g/mol. The molecule has 0 unspecified atom stereocenters. The first-order chi connectivity index (χ1) is 23.0. The van der Waals surface area contributed by atoms with Gasteiger partial charge in [0.2, 0.25) is 11.8 Å². The van der Waals surface area contributed by atoms with Crippen molar-refractivity contribution in [2.45, 2.75) is 59.0 Å². The summed E-state index contributed by atoms with van der Waals surface area (Å²) in [7, 11) is 0. The molecule has 0 spiro atoms. The molecule has 2 atom stereocenters. The molecule has 4 bridgehead atoms. The minimum Gasteiger partial charge on any atom is -0.443 e. The second kappa shape index (κ2) is 15.2. The number of rotatable bonds is 5. The number of nitrogens with zero attached hydrogens (tertiary/aromatic N) is 4. The van der Waals surface area contributed by atoms with Gasteiger partial charge in [-0.05, 0) is 30.9 Å². The van der Waals surface area contributed by atoms with Crippen molar-refractivity contribution in [3.8, 4) is 0 Å². The van der Waals surface area contributed by atoms with E-state index in [4.69, 9.17) is 4.42 Å². The highest BCUT2D eigenvalue weighted by atomic mass is 32.1. The molecule has 3 aromatic heterocycles. The van der Waals surface area contributed by atoms with Gasteiger partial charge in [-0.15, -0.1) is 11.3 Å². The van der Waals surface area contributed by atoms with Crippen LogP contribution in [0.4, 0.5) is 0 Å². The number of carbonyl (C=O) groups is 5. The summed E-state index contributed by atoms with van der Waals surface area (Å²) in [6.45, 7) is 7.26. The lowest BCUT2D eigenvalue weighted by Crippen LogP contribution is -2.40. The Hall–Kier alpha value is -5.18. The molecule has 1 aliphatic heterocycles. The number of aromatic nitrogens is 4. The van der Waals surface area contributed by atoms with E-state index in [0.29, 0.717) is 23.6 Å². The lowest BCUT2D eigenvalue weighted by atomic mass is 10.0. The maximum Gasteiger partial charge on any atom is 0.274 e. The van der Waals surface area contributed by atoms with Crippen molar-refractivity contribution in [3.63, 3.8) is 0 Å². The third-order valence-corrected chi connectivity index (χ3v) is 8.80. The van der Waals surface area contributed by atoms with E-state index >= 15 is 0 Å². The fourth-order valence-electron chi connectivity index (χ4n) is 5.27. The van der Waals surface area contributed by atoms with Crippen LogP contribution >= 0.6 is 11.3 Å². The lowest BCUT2D eigenvalue weighted by molar-refractivity contribution is -0.122. The average Bonchev–Trinajstić information content (AvgIpc) is 3.82. The molecule has 4 heterocycles. The third kappa shape index (κ3) is 8.20. The Morgan fingerprint density at radius 3 is 2.54 bits per heavy atom. The van der Waals surface area contributed by atoms with Crippen LogP contribution in [0.25, 0.3) is 0 Å². The number of nitrogens with one attached hydrogen (secondary N) is 4. The van der Waals surface area contributed by atoms with Crippen LogP contribution in [0.2, 0.25) is 0 Å². The zero-order valence-corrected chi connectivity index (χ0v) is 28.0. The van der Waals surface area contributed by atoms with Crippen LogP contribution in [0.3, 0.4) is 0 Å². The van der Waals surface area contributed by atoms with Crippen molar-refractivity contribution in [3.05, 3.63) is 86.8 Å². The van der Waals surface area contributed by atoms with Gasteiger partial charge >= 0.3 is 0 Å². The third-order valence-electron chi connectivity index (χ3n) is 7.87. The monoisotopic (exact) mass is 674 g/mol. The Balaban J connectivity index is 1.45. The summed E-state index contributed by atoms with van der Waals surface area (Å²) >= 11 is 1.25. The highest BCUT2D eigenvalue weighted by Crippen LogP contribution is 2.27. The van der Waals surface area contributed by atoms with Crippen LogP contribution in [-0.4, -0.2) is 74.1 Å². The molecule has 0 fully saturated rings. The Morgan fingerprint density at radius 2 is 1.83 bits per heavy atom. The molecule has 48 heavy (non-hydrogen) atoms. The van der Waals surface area contributed by atoms with Crippen molar-refractivity contribution in [2.24, 2.45) is 5.92 Å². The van der Waals surface area contributed by atoms with Gasteiger partial charge in [-0.1, -0.05) is 44.2 Å². The van der Waals surface area contributed by atoms with E-state index in [-0.39, 0.29) is 72.3 Å². The maximum absolute atomic E-state index is 13.5. The highest BCUT2D eigenvalue weighted by Gasteiger charge is 2.29. The summed E-state index contributed by atoms with van der Waals surface area (Å²) in [6.07, 6.45) is 0.724. The Labute approximate surface area is 281 Å². The van der Waals surface area contributed by atoms with Gasteiger partial charge in [0.05, 0.1) is 6.04 Å². The van der Waals surface area contributed by atoms with E-state index in [0.717, 1.165) is 5.56 Å². The Morgan fingerprint density at radius 1 is 1.06 bits per heavy atom. The molecule has 0 radical (unpaired) electrons. The molecule has 1 aromatic carbocycles. The minimum absolute atomic E-state index is 0.0633. The number of hydrogen-bond donors (Lipinski definition) is 4. The molecule has 252 valence electrons. The number of oxazole rings is 1. The van der Waals surface area contributed by atoms with E-state index in [1.54, 1.807) is 12.3 Å². The predicted octanol–water partition coefficient (Wildman–Crippen LogP) is 3.56. The van der Waals surface area contributed by atoms with Crippen molar-refractivity contribution in [1.29, 1.82) is 0 Å². The van der Waals surface area contributed by atoms with Crippen LogP contribution in [0, 0.1) is 12.8 Å². The largest absolute Gasteiger partial charge is 0.443 e. The molecule has 4 amide bonds. The second-order valence-corrected chi connectivity index (χ2v) is 12.8. The van der Waals surface area contributed by atoms with Gasteiger partial charge < -0.3 is 25.3 Å². The second-order valence-electron chi connectivity index (χ2n) is 11.9. The summed E-state index contributed by atoms with van der Waals surface area (Å²) in [5, 5.41) is 17.5. The molecule has 4 aromatic rings. The highest BCUT2D eigenvalue weighted by molar-refractivity contribution is 7.09. The molecule has 5 rings (SSSR count). The molecule has 15 heteroatoms. The lowest BCUT2D eigenvalue weighted by Gasteiger charge is -2.22. The zero-order valence-electron chi connectivity index (χ0n) is 27.2. The predicted molar refractivity (Wildman–Crippen MR) is 175 cm³/mol. The van der Waals surface area contributed by atoms with Gasteiger partial charge in [0, 0.05) is 44.8 Å². The summed E-state index contributed by atoms with van der Waals surface area (Å²) in [5.74, 6) is -1.50. The number of amides is 4. The van der Waals surface area contributed by atoms with Crippen molar-refractivity contribution in [1.82, 2.24) is 41.0 Å². The number of carbonyl (C=O) groups excluding carboxylic acids is 5. The number of hydrogen-bond acceptors (Lipinski definition) is 10. The SMILES string of the molecule is CC(=O)c1cc(C(=O)N2CCCC(=O)N[C@@H](Cc3ccccc3)c3nc(c(C)o3)C(=O)N[C@@H](C(C)C)c3nc(cs3)C(=O)NCC2)[nH]n1. The number of Topliss-reactive ketones (excluding diaryl/α,β-unsaturated/α-hetero) is 1. The fourth-order valence-corrected chi connectivity index (χ4v) is 6.29. The summed E-state index contributed by atoms with van der Waals surface area (Å²) < 4.78 is 5.98. The fraction of sp³-hybridized carbons (Fsp3) is 0.394. The molecule has 0 saturated heterocycles. The van der Waals surface area contributed by atoms with Crippen molar-refractivity contribution < 1.29 is 28.4 Å². The van der Waals surface area contributed by atoms with Gasteiger partial charge in [-0.3, -0.25) is 29.1 Å². The number of H-pyrrole nitrogens is 1. The normalized spacial score (nSPS) is 18.2. The van der Waals surface area contributed by atoms with Crippen LogP contribution in [-0.2, 0) is 11.2 Å². The van der Waals surface area contributed by atoms with E-state index < -0.39 is 29.8 Å². The van der Waals surface area contributed by atoms with Gasteiger partial charge in [0.25, 0.3) is 17.7 Å². The average molecular weight is 675 g/mol. The van der Waals surface area contributed by atoms with E-state index in [1.807, 2.05) is 44.2 Å². The first-order valence-corrected chi connectivity index (χ1v) is 16.6. The smallest absolute Gasteiger partial charge is 0.274 e. The number of thiazole rings is 1. The first kappa shape index (κ1) is 34.2. The maximum atomic E-state index is 13.5. The Kier molecular flexibility index (Phi) is 10.8.